The number of benzene rings is 1. The number of aryl methyl sites for hydroxylation is 2. The summed E-state index contributed by atoms with van der Waals surface area (Å²) in [5.41, 5.74) is 9.38. The predicted molar refractivity (Wildman–Crippen MR) is 63.3 cm³/mol. The van der Waals surface area contributed by atoms with Crippen LogP contribution in [0.5, 0.6) is 0 Å². The molecule has 0 atom stereocenters. The van der Waals surface area contributed by atoms with Crippen LogP contribution in [0.4, 0.5) is 0 Å². The molecule has 1 rings (SSSR count). The number of unbranched alkanes of at least 4 members (excludes halogenated alkanes) is 1. The molecule has 0 saturated carbocycles. The zero-order valence-corrected chi connectivity index (χ0v) is 8.92. The second-order valence-corrected chi connectivity index (χ2v) is 3.70. The lowest BCUT2D eigenvalue weighted by atomic mass is 10.0. The molecule has 1 heteroatoms. The SMILES string of the molecule is C=Cc1cc(C)cc(CCCCN)c1. The summed E-state index contributed by atoms with van der Waals surface area (Å²) in [6, 6.07) is 6.60. The largest absolute Gasteiger partial charge is 0.330 e. The van der Waals surface area contributed by atoms with Gasteiger partial charge in [0.2, 0.25) is 0 Å². The van der Waals surface area contributed by atoms with Crippen LogP contribution >= 0.6 is 0 Å². The second kappa shape index (κ2) is 5.61. The van der Waals surface area contributed by atoms with E-state index < -0.39 is 0 Å². The molecule has 0 aliphatic rings. The maximum absolute atomic E-state index is 5.46. The van der Waals surface area contributed by atoms with E-state index in [4.69, 9.17) is 5.73 Å². The summed E-state index contributed by atoms with van der Waals surface area (Å²) in [5.74, 6) is 0. The van der Waals surface area contributed by atoms with Crippen LogP contribution < -0.4 is 5.73 Å². The molecule has 2 N–H and O–H groups in total. The highest BCUT2D eigenvalue weighted by Crippen LogP contribution is 2.13. The minimum atomic E-state index is 0.792. The minimum Gasteiger partial charge on any atom is -0.330 e. The quantitative estimate of drug-likeness (QED) is 0.708. The van der Waals surface area contributed by atoms with Crippen LogP contribution in [0.3, 0.4) is 0 Å². The van der Waals surface area contributed by atoms with Crippen molar-refractivity contribution >= 4 is 6.08 Å². The molecule has 0 aliphatic carbocycles. The lowest BCUT2D eigenvalue weighted by molar-refractivity contribution is 0.744. The molecular formula is C13H19N. The highest BCUT2D eigenvalue weighted by atomic mass is 14.5. The Morgan fingerprint density at radius 1 is 1.29 bits per heavy atom. The van der Waals surface area contributed by atoms with Crippen molar-refractivity contribution in [1.82, 2.24) is 0 Å². The fourth-order valence-electron chi connectivity index (χ4n) is 1.63. The number of nitrogens with two attached hydrogens (primary N) is 1. The van der Waals surface area contributed by atoms with Gasteiger partial charge in [0.15, 0.2) is 0 Å². The maximum atomic E-state index is 5.46. The average Bonchev–Trinajstić information content (AvgIpc) is 2.17. The van der Waals surface area contributed by atoms with Crippen molar-refractivity contribution in [3.05, 3.63) is 41.5 Å². The summed E-state index contributed by atoms with van der Waals surface area (Å²) in [7, 11) is 0. The zero-order chi connectivity index (χ0) is 10.4. The molecule has 0 aromatic heterocycles. The average molecular weight is 189 g/mol. The molecule has 0 bridgehead atoms. The summed E-state index contributed by atoms with van der Waals surface area (Å²) in [5, 5.41) is 0. The first-order chi connectivity index (χ1) is 6.76. The number of rotatable bonds is 5. The molecule has 0 fully saturated rings. The van der Waals surface area contributed by atoms with E-state index in [0.717, 1.165) is 19.4 Å². The van der Waals surface area contributed by atoms with E-state index >= 15 is 0 Å². The van der Waals surface area contributed by atoms with Gasteiger partial charge in [0.1, 0.15) is 0 Å². The molecule has 0 aliphatic heterocycles. The van der Waals surface area contributed by atoms with Crippen LogP contribution in [-0.4, -0.2) is 6.54 Å². The first-order valence-corrected chi connectivity index (χ1v) is 5.19. The predicted octanol–water partition coefficient (Wildman–Crippen LogP) is 2.92. The van der Waals surface area contributed by atoms with E-state index in [9.17, 15) is 0 Å². The molecule has 0 heterocycles. The Hall–Kier alpha value is -1.08. The van der Waals surface area contributed by atoms with Crippen molar-refractivity contribution in [3.63, 3.8) is 0 Å². The standard InChI is InChI=1S/C13H19N/c1-3-12-8-11(2)9-13(10-12)6-4-5-7-14/h3,8-10H,1,4-7,14H2,2H3. The van der Waals surface area contributed by atoms with Gasteiger partial charge in [-0.05, 0) is 43.9 Å². The van der Waals surface area contributed by atoms with E-state index in [-0.39, 0.29) is 0 Å². The Morgan fingerprint density at radius 3 is 2.71 bits per heavy atom. The van der Waals surface area contributed by atoms with Gasteiger partial charge in [0.25, 0.3) is 0 Å². The number of hydrogen-bond donors (Lipinski definition) is 1. The molecule has 0 unspecified atom stereocenters. The fourth-order valence-corrected chi connectivity index (χ4v) is 1.63. The van der Waals surface area contributed by atoms with Crippen molar-refractivity contribution in [2.75, 3.05) is 6.54 Å². The van der Waals surface area contributed by atoms with Gasteiger partial charge in [-0.1, -0.05) is 36.4 Å². The first kappa shape index (κ1) is 11.0. The Labute approximate surface area is 86.6 Å². The lowest BCUT2D eigenvalue weighted by Gasteiger charge is -2.04. The van der Waals surface area contributed by atoms with Crippen LogP contribution in [0.25, 0.3) is 6.08 Å². The van der Waals surface area contributed by atoms with Gasteiger partial charge in [-0.15, -0.1) is 0 Å². The van der Waals surface area contributed by atoms with Crippen molar-refractivity contribution < 1.29 is 0 Å². The molecule has 0 spiro atoms. The smallest absolute Gasteiger partial charge is 0.00772 e. The van der Waals surface area contributed by atoms with Crippen molar-refractivity contribution in [3.8, 4) is 0 Å². The topological polar surface area (TPSA) is 26.0 Å². The molecule has 1 aromatic carbocycles. The van der Waals surface area contributed by atoms with Crippen molar-refractivity contribution in [2.24, 2.45) is 5.73 Å². The van der Waals surface area contributed by atoms with E-state index in [1.807, 2.05) is 6.08 Å². The van der Waals surface area contributed by atoms with Crippen molar-refractivity contribution in [1.29, 1.82) is 0 Å². The summed E-state index contributed by atoms with van der Waals surface area (Å²) in [6.07, 6.45) is 5.31. The fraction of sp³-hybridized carbons (Fsp3) is 0.385. The molecule has 0 saturated heterocycles. The molecular weight excluding hydrogens is 170 g/mol. The molecule has 1 aromatic rings. The summed E-state index contributed by atoms with van der Waals surface area (Å²) in [4.78, 5) is 0. The Bertz CT molecular complexity index is 302. The highest BCUT2D eigenvalue weighted by Gasteiger charge is 1.96. The van der Waals surface area contributed by atoms with E-state index in [1.54, 1.807) is 0 Å². The molecule has 1 nitrogen and oxygen atoms in total. The van der Waals surface area contributed by atoms with Crippen molar-refractivity contribution in [2.45, 2.75) is 26.2 Å². The monoisotopic (exact) mass is 189 g/mol. The molecule has 14 heavy (non-hydrogen) atoms. The minimum absolute atomic E-state index is 0.792. The Kier molecular flexibility index (Phi) is 4.41. The normalized spacial score (nSPS) is 10.1. The summed E-state index contributed by atoms with van der Waals surface area (Å²) >= 11 is 0. The van der Waals surface area contributed by atoms with Gasteiger partial charge in [0.05, 0.1) is 0 Å². The van der Waals surface area contributed by atoms with Crippen LogP contribution in [0.1, 0.15) is 29.5 Å². The van der Waals surface area contributed by atoms with Gasteiger partial charge >= 0.3 is 0 Å². The summed E-state index contributed by atoms with van der Waals surface area (Å²) < 4.78 is 0. The van der Waals surface area contributed by atoms with Crippen LogP contribution in [0.2, 0.25) is 0 Å². The Balaban J connectivity index is 2.66. The van der Waals surface area contributed by atoms with E-state index in [2.05, 4.69) is 31.7 Å². The van der Waals surface area contributed by atoms with Crippen LogP contribution in [0, 0.1) is 6.92 Å². The first-order valence-electron chi connectivity index (χ1n) is 5.19. The highest BCUT2D eigenvalue weighted by molar-refractivity contribution is 5.49. The Morgan fingerprint density at radius 2 is 2.07 bits per heavy atom. The number of hydrogen-bond acceptors (Lipinski definition) is 1. The van der Waals surface area contributed by atoms with E-state index in [0.29, 0.717) is 0 Å². The summed E-state index contributed by atoms with van der Waals surface area (Å²) in [6.45, 7) is 6.71. The van der Waals surface area contributed by atoms with Crippen LogP contribution in [0.15, 0.2) is 24.8 Å². The molecule has 76 valence electrons. The van der Waals surface area contributed by atoms with E-state index in [1.165, 1.54) is 23.1 Å². The zero-order valence-electron chi connectivity index (χ0n) is 8.92. The molecule has 0 radical (unpaired) electrons. The second-order valence-electron chi connectivity index (χ2n) is 3.70. The van der Waals surface area contributed by atoms with Gasteiger partial charge in [-0.3, -0.25) is 0 Å². The van der Waals surface area contributed by atoms with Gasteiger partial charge < -0.3 is 5.73 Å². The third-order valence-electron chi connectivity index (χ3n) is 2.31. The molecule has 0 amide bonds. The third kappa shape index (κ3) is 3.35. The lowest BCUT2D eigenvalue weighted by Crippen LogP contribution is -1.99. The third-order valence-corrected chi connectivity index (χ3v) is 2.31. The van der Waals surface area contributed by atoms with Gasteiger partial charge in [0, 0.05) is 0 Å². The van der Waals surface area contributed by atoms with Gasteiger partial charge in [-0.2, -0.15) is 0 Å². The van der Waals surface area contributed by atoms with Gasteiger partial charge in [-0.25, -0.2) is 0 Å². The van der Waals surface area contributed by atoms with Crippen LogP contribution in [-0.2, 0) is 6.42 Å². The maximum Gasteiger partial charge on any atom is -0.00772 e.